The van der Waals surface area contributed by atoms with E-state index in [9.17, 15) is 0 Å². The van der Waals surface area contributed by atoms with Crippen molar-refractivity contribution in [1.82, 2.24) is 0 Å². The minimum atomic E-state index is 0.750. The van der Waals surface area contributed by atoms with Gasteiger partial charge in [-0.3, -0.25) is 0 Å². The fourth-order valence-corrected chi connectivity index (χ4v) is 4.30. The zero-order valence-corrected chi connectivity index (χ0v) is 19.0. The Labute approximate surface area is 180 Å². The summed E-state index contributed by atoms with van der Waals surface area (Å²) in [6.07, 6.45) is 26.3. The van der Waals surface area contributed by atoms with E-state index in [1.165, 1.54) is 94.6 Å². The molecule has 2 rings (SSSR count). The lowest BCUT2D eigenvalue weighted by Gasteiger charge is -2.26. The lowest BCUT2D eigenvalue weighted by Crippen LogP contribution is -2.12. The summed E-state index contributed by atoms with van der Waals surface area (Å²) in [6, 6.07) is 8.87. The average Bonchev–Trinajstić information content (AvgIpc) is 2.76. The van der Waals surface area contributed by atoms with E-state index in [0.29, 0.717) is 0 Å². The van der Waals surface area contributed by atoms with Crippen LogP contribution in [0.2, 0.25) is 0 Å². The third-order valence-electron chi connectivity index (χ3n) is 6.30. The quantitative estimate of drug-likeness (QED) is 0.261. The molecule has 29 heavy (non-hydrogen) atoms. The molecule has 0 N–H and O–H groups in total. The SMILES string of the molecule is CCCCCCCC1CCC(C=CC#CC=Cc2ccc(CCCC)cc2)CC1. The Bertz CT molecular complexity index is 642. The summed E-state index contributed by atoms with van der Waals surface area (Å²) in [5.41, 5.74) is 2.67. The van der Waals surface area contributed by atoms with Crippen LogP contribution in [0.4, 0.5) is 0 Å². The van der Waals surface area contributed by atoms with Crippen molar-refractivity contribution in [2.45, 2.75) is 97.3 Å². The maximum Gasteiger partial charge on any atom is -0.0109 e. The smallest absolute Gasteiger partial charge is 0.0109 e. The second-order valence-electron chi connectivity index (χ2n) is 8.81. The minimum Gasteiger partial charge on any atom is -0.0730 e. The predicted octanol–water partition coefficient (Wildman–Crippen LogP) is 8.77. The number of benzene rings is 1. The van der Waals surface area contributed by atoms with Crippen LogP contribution in [0.25, 0.3) is 6.08 Å². The van der Waals surface area contributed by atoms with Crippen LogP contribution in [-0.2, 0) is 6.42 Å². The fraction of sp³-hybridized carbons (Fsp3) is 0.586. The Morgan fingerprint density at radius 2 is 1.48 bits per heavy atom. The van der Waals surface area contributed by atoms with Gasteiger partial charge < -0.3 is 0 Å². The predicted molar refractivity (Wildman–Crippen MR) is 130 cm³/mol. The molecule has 1 aromatic carbocycles. The van der Waals surface area contributed by atoms with Gasteiger partial charge in [0.1, 0.15) is 0 Å². The largest absolute Gasteiger partial charge is 0.0730 e. The summed E-state index contributed by atoms with van der Waals surface area (Å²) >= 11 is 0. The van der Waals surface area contributed by atoms with Crippen LogP contribution >= 0.6 is 0 Å². The van der Waals surface area contributed by atoms with Crippen molar-refractivity contribution in [1.29, 1.82) is 0 Å². The van der Waals surface area contributed by atoms with E-state index in [1.807, 2.05) is 6.08 Å². The second-order valence-corrected chi connectivity index (χ2v) is 8.81. The Balaban J connectivity index is 1.62. The molecule has 0 aliphatic heterocycles. The fourth-order valence-electron chi connectivity index (χ4n) is 4.30. The first kappa shape index (κ1) is 23.5. The van der Waals surface area contributed by atoms with Crippen LogP contribution in [0.5, 0.6) is 0 Å². The number of hydrogen-bond donors (Lipinski definition) is 0. The summed E-state index contributed by atoms with van der Waals surface area (Å²) in [6.45, 7) is 4.54. The summed E-state index contributed by atoms with van der Waals surface area (Å²) in [5, 5.41) is 0. The lowest BCUT2D eigenvalue weighted by molar-refractivity contribution is 0.288. The Kier molecular flexibility index (Phi) is 12.3. The Hall–Kier alpha value is -1.74. The maximum absolute atomic E-state index is 3.19. The van der Waals surface area contributed by atoms with Gasteiger partial charge in [-0.1, -0.05) is 101 Å². The van der Waals surface area contributed by atoms with E-state index < -0.39 is 0 Å². The summed E-state index contributed by atoms with van der Waals surface area (Å²) in [4.78, 5) is 0. The van der Waals surface area contributed by atoms with Crippen LogP contribution in [0.1, 0.15) is 102 Å². The normalized spacial score (nSPS) is 19.5. The molecule has 1 aromatic rings. The first-order valence-electron chi connectivity index (χ1n) is 12.2. The van der Waals surface area contributed by atoms with Crippen molar-refractivity contribution in [3.05, 3.63) is 53.6 Å². The number of allylic oxidation sites excluding steroid dienone is 3. The van der Waals surface area contributed by atoms with E-state index in [1.54, 1.807) is 0 Å². The van der Waals surface area contributed by atoms with Crippen molar-refractivity contribution >= 4 is 6.08 Å². The van der Waals surface area contributed by atoms with Gasteiger partial charge in [-0.2, -0.15) is 0 Å². The average molecular weight is 391 g/mol. The molecule has 0 atom stereocenters. The first-order chi connectivity index (χ1) is 14.3. The van der Waals surface area contributed by atoms with Gasteiger partial charge in [-0.25, -0.2) is 0 Å². The molecule has 1 fully saturated rings. The van der Waals surface area contributed by atoms with Crippen LogP contribution in [0.3, 0.4) is 0 Å². The summed E-state index contributed by atoms with van der Waals surface area (Å²) < 4.78 is 0. The van der Waals surface area contributed by atoms with E-state index in [-0.39, 0.29) is 0 Å². The van der Waals surface area contributed by atoms with Gasteiger partial charge in [0, 0.05) is 0 Å². The minimum absolute atomic E-state index is 0.750. The first-order valence-corrected chi connectivity index (χ1v) is 12.2. The molecule has 0 heteroatoms. The molecule has 1 aliphatic carbocycles. The highest BCUT2D eigenvalue weighted by Gasteiger charge is 2.18. The zero-order chi connectivity index (χ0) is 20.6. The monoisotopic (exact) mass is 390 g/mol. The molecule has 1 saturated carbocycles. The van der Waals surface area contributed by atoms with Crippen molar-refractivity contribution in [2.24, 2.45) is 11.8 Å². The highest BCUT2D eigenvalue weighted by Crippen LogP contribution is 2.32. The van der Waals surface area contributed by atoms with Gasteiger partial charge in [0.05, 0.1) is 0 Å². The molecular formula is C29H42. The molecule has 0 saturated heterocycles. The molecule has 0 aromatic heterocycles. The standard InChI is InChI=1S/C29H42/c1-3-5-7-8-11-15-27-22-24-29(25-23-27)17-13-10-9-12-16-28-20-18-26(19-21-28)14-6-4-2/h12-13,16-21,27,29H,3-8,11,14-15,22-25H2,1-2H3. The molecule has 0 heterocycles. The zero-order valence-electron chi connectivity index (χ0n) is 19.0. The van der Waals surface area contributed by atoms with E-state index >= 15 is 0 Å². The molecular weight excluding hydrogens is 348 g/mol. The van der Waals surface area contributed by atoms with Crippen LogP contribution in [-0.4, -0.2) is 0 Å². The highest BCUT2D eigenvalue weighted by atomic mass is 14.2. The van der Waals surface area contributed by atoms with E-state index in [0.717, 1.165) is 11.8 Å². The van der Waals surface area contributed by atoms with Gasteiger partial charge in [-0.05, 0) is 79.7 Å². The molecule has 1 aliphatic rings. The topological polar surface area (TPSA) is 0 Å². The molecule has 0 radical (unpaired) electrons. The van der Waals surface area contributed by atoms with Crippen LogP contribution in [0.15, 0.2) is 42.5 Å². The Morgan fingerprint density at radius 1 is 0.793 bits per heavy atom. The van der Waals surface area contributed by atoms with Gasteiger partial charge in [0.25, 0.3) is 0 Å². The number of aryl methyl sites for hydroxylation is 1. The summed E-state index contributed by atoms with van der Waals surface area (Å²) in [7, 11) is 0. The number of unbranched alkanes of at least 4 members (excludes halogenated alkanes) is 5. The van der Waals surface area contributed by atoms with Crippen molar-refractivity contribution in [3.63, 3.8) is 0 Å². The number of hydrogen-bond acceptors (Lipinski definition) is 0. The van der Waals surface area contributed by atoms with Crippen LogP contribution in [0, 0.1) is 23.7 Å². The molecule has 0 spiro atoms. The van der Waals surface area contributed by atoms with Crippen LogP contribution < -0.4 is 0 Å². The second kappa shape index (κ2) is 15.1. The molecule has 0 nitrogen and oxygen atoms in total. The summed E-state index contributed by atoms with van der Waals surface area (Å²) in [5.74, 6) is 8.09. The van der Waals surface area contributed by atoms with Crippen molar-refractivity contribution < 1.29 is 0 Å². The van der Waals surface area contributed by atoms with E-state index in [2.05, 4.69) is 68.2 Å². The Morgan fingerprint density at radius 3 is 2.21 bits per heavy atom. The highest BCUT2D eigenvalue weighted by molar-refractivity contribution is 5.53. The molecule has 0 amide bonds. The van der Waals surface area contributed by atoms with Gasteiger partial charge in [0.2, 0.25) is 0 Å². The lowest BCUT2D eigenvalue weighted by atomic mass is 9.79. The molecule has 0 bridgehead atoms. The maximum atomic E-state index is 3.19. The number of rotatable bonds is 11. The third-order valence-corrected chi connectivity index (χ3v) is 6.30. The van der Waals surface area contributed by atoms with Crippen molar-refractivity contribution in [2.75, 3.05) is 0 Å². The van der Waals surface area contributed by atoms with Crippen molar-refractivity contribution in [3.8, 4) is 11.8 Å². The van der Waals surface area contributed by atoms with Gasteiger partial charge in [-0.15, -0.1) is 0 Å². The van der Waals surface area contributed by atoms with Gasteiger partial charge >= 0.3 is 0 Å². The van der Waals surface area contributed by atoms with E-state index in [4.69, 9.17) is 0 Å². The third kappa shape index (κ3) is 10.6. The molecule has 158 valence electrons. The van der Waals surface area contributed by atoms with Gasteiger partial charge in [0.15, 0.2) is 0 Å². The molecule has 0 unspecified atom stereocenters.